The van der Waals surface area contributed by atoms with E-state index >= 15 is 0 Å². The average molecular weight is 180 g/mol. The first-order valence-electron chi connectivity index (χ1n) is 3.65. The Morgan fingerprint density at radius 2 is 1.58 bits per heavy atom. The minimum atomic E-state index is -1.42. The molecule has 0 radical (unpaired) electrons. The van der Waals surface area contributed by atoms with Crippen molar-refractivity contribution in [2.24, 2.45) is 11.5 Å². The number of rotatable bonds is 5. The Hall–Kier alpha value is -0.240. The first-order chi connectivity index (χ1) is 5.54. The van der Waals surface area contributed by atoms with Crippen LogP contribution in [-0.2, 0) is 0 Å². The summed E-state index contributed by atoms with van der Waals surface area (Å²) in [7, 11) is 0. The van der Waals surface area contributed by atoms with E-state index in [0.717, 1.165) is 0 Å². The van der Waals surface area contributed by atoms with Crippen LogP contribution in [0.4, 0.5) is 0 Å². The number of hydrogen-bond donors (Lipinski definition) is 6. The number of aliphatic hydroxyl groups excluding tert-OH is 4. The van der Waals surface area contributed by atoms with Gasteiger partial charge in [-0.1, -0.05) is 0 Å². The number of hydrogen-bond acceptors (Lipinski definition) is 6. The van der Waals surface area contributed by atoms with Gasteiger partial charge in [-0.15, -0.1) is 0 Å². The average Bonchev–Trinajstić information content (AvgIpc) is 2.12. The second kappa shape index (κ2) is 5.41. The van der Waals surface area contributed by atoms with E-state index in [1.807, 2.05) is 0 Å². The molecule has 4 atom stereocenters. The maximum Gasteiger partial charge on any atom is 0.109 e. The third-order valence-corrected chi connectivity index (χ3v) is 1.64. The summed E-state index contributed by atoms with van der Waals surface area (Å²) in [4.78, 5) is 0. The topological polar surface area (TPSA) is 133 Å². The van der Waals surface area contributed by atoms with Gasteiger partial charge >= 0.3 is 0 Å². The highest BCUT2D eigenvalue weighted by atomic mass is 16.4. The van der Waals surface area contributed by atoms with Crippen molar-refractivity contribution < 1.29 is 20.4 Å². The van der Waals surface area contributed by atoms with Gasteiger partial charge in [0.05, 0.1) is 24.9 Å². The van der Waals surface area contributed by atoms with E-state index in [4.69, 9.17) is 31.9 Å². The van der Waals surface area contributed by atoms with Crippen molar-refractivity contribution in [3.8, 4) is 0 Å². The van der Waals surface area contributed by atoms with Gasteiger partial charge in [0, 0.05) is 6.54 Å². The lowest BCUT2D eigenvalue weighted by Gasteiger charge is -2.25. The molecule has 6 heteroatoms. The van der Waals surface area contributed by atoms with Crippen molar-refractivity contribution in [3.63, 3.8) is 0 Å². The monoisotopic (exact) mass is 180 g/mol. The van der Waals surface area contributed by atoms with Gasteiger partial charge in [0.1, 0.15) is 6.10 Å². The van der Waals surface area contributed by atoms with E-state index in [1.165, 1.54) is 0 Å². The summed E-state index contributed by atoms with van der Waals surface area (Å²) in [5.41, 5.74) is 10.2. The second-order valence-electron chi connectivity index (χ2n) is 2.63. The van der Waals surface area contributed by atoms with Crippen LogP contribution in [-0.4, -0.2) is 57.9 Å². The van der Waals surface area contributed by atoms with Crippen LogP contribution < -0.4 is 11.5 Å². The Labute approximate surface area is 70.4 Å². The van der Waals surface area contributed by atoms with Crippen LogP contribution in [0.15, 0.2) is 0 Å². The molecule has 0 unspecified atom stereocenters. The molecule has 0 fully saturated rings. The van der Waals surface area contributed by atoms with E-state index in [1.54, 1.807) is 0 Å². The molecular formula is C6H16N2O4. The maximum atomic E-state index is 9.14. The Balaban J connectivity index is 3.99. The van der Waals surface area contributed by atoms with Crippen molar-refractivity contribution in [1.82, 2.24) is 0 Å². The molecule has 0 heterocycles. The largest absolute Gasteiger partial charge is 0.395 e. The lowest BCUT2D eigenvalue weighted by Crippen LogP contribution is -2.51. The normalized spacial score (nSPS) is 21.5. The molecule has 0 aromatic heterocycles. The minimum absolute atomic E-state index is 0.170. The fourth-order valence-electron chi connectivity index (χ4n) is 0.728. The van der Waals surface area contributed by atoms with Crippen molar-refractivity contribution in [1.29, 1.82) is 0 Å². The van der Waals surface area contributed by atoms with Crippen molar-refractivity contribution >= 4 is 0 Å². The third-order valence-electron chi connectivity index (χ3n) is 1.64. The Morgan fingerprint density at radius 3 is 1.92 bits per heavy atom. The highest BCUT2D eigenvalue weighted by Crippen LogP contribution is 2.02. The molecule has 0 bridgehead atoms. The minimum Gasteiger partial charge on any atom is -0.395 e. The first kappa shape index (κ1) is 11.8. The summed E-state index contributed by atoms with van der Waals surface area (Å²) in [6.07, 6.45) is -4.01. The molecule has 0 saturated carbocycles. The molecule has 0 spiro atoms. The third kappa shape index (κ3) is 3.02. The van der Waals surface area contributed by atoms with Crippen molar-refractivity contribution in [2.75, 3.05) is 13.2 Å². The number of nitrogens with two attached hydrogens (primary N) is 2. The van der Waals surface area contributed by atoms with E-state index < -0.39 is 31.0 Å². The Kier molecular flexibility index (Phi) is 5.31. The predicted octanol–water partition coefficient (Wildman–Crippen LogP) is -3.65. The molecule has 0 saturated heterocycles. The molecule has 0 rings (SSSR count). The molecule has 8 N–H and O–H groups in total. The zero-order chi connectivity index (χ0) is 9.72. The van der Waals surface area contributed by atoms with E-state index in [2.05, 4.69) is 0 Å². The van der Waals surface area contributed by atoms with Crippen LogP contribution >= 0.6 is 0 Å². The van der Waals surface area contributed by atoms with Gasteiger partial charge in [-0.25, -0.2) is 0 Å². The molecule has 0 aliphatic rings. The lowest BCUT2D eigenvalue weighted by molar-refractivity contribution is -0.0691. The predicted molar refractivity (Wildman–Crippen MR) is 42.1 cm³/mol. The maximum absolute atomic E-state index is 9.14. The van der Waals surface area contributed by atoms with Crippen LogP contribution in [0.3, 0.4) is 0 Å². The Morgan fingerprint density at radius 1 is 1.08 bits per heavy atom. The van der Waals surface area contributed by atoms with Crippen LogP contribution in [0, 0.1) is 0 Å². The highest BCUT2D eigenvalue weighted by Gasteiger charge is 2.27. The SMILES string of the molecule is NC[C@H](O)[C@@H](O)[C@H](O)[C@H](N)CO. The summed E-state index contributed by atoms with van der Waals surface area (Å²) < 4.78 is 0. The molecule has 0 aliphatic heterocycles. The second-order valence-corrected chi connectivity index (χ2v) is 2.63. The van der Waals surface area contributed by atoms with Gasteiger partial charge in [0.2, 0.25) is 0 Å². The van der Waals surface area contributed by atoms with E-state index in [-0.39, 0.29) is 6.54 Å². The fraction of sp³-hybridized carbons (Fsp3) is 1.00. The van der Waals surface area contributed by atoms with Crippen LogP contribution in [0.25, 0.3) is 0 Å². The van der Waals surface area contributed by atoms with Gasteiger partial charge in [-0.2, -0.15) is 0 Å². The molecule has 0 aromatic rings. The van der Waals surface area contributed by atoms with Gasteiger partial charge < -0.3 is 31.9 Å². The summed E-state index contributed by atoms with van der Waals surface area (Å²) >= 11 is 0. The lowest BCUT2D eigenvalue weighted by atomic mass is 10.0. The molecule has 6 nitrogen and oxygen atoms in total. The quantitative estimate of drug-likeness (QED) is 0.258. The summed E-state index contributed by atoms with van der Waals surface area (Å²) in [5.74, 6) is 0. The molecule has 12 heavy (non-hydrogen) atoms. The first-order valence-corrected chi connectivity index (χ1v) is 3.65. The smallest absolute Gasteiger partial charge is 0.109 e. The highest BCUT2D eigenvalue weighted by molar-refractivity contribution is 4.83. The standard InChI is InChI=1S/C6H16N2O4/c7-1-4(10)6(12)5(11)3(8)2-9/h3-6,9-12H,1-2,7-8H2/t3-,4+,5-,6-/m1/s1. The molecule has 0 aliphatic carbocycles. The van der Waals surface area contributed by atoms with Gasteiger partial charge in [-0.05, 0) is 0 Å². The van der Waals surface area contributed by atoms with Gasteiger partial charge in [0.25, 0.3) is 0 Å². The van der Waals surface area contributed by atoms with Crippen molar-refractivity contribution in [2.45, 2.75) is 24.4 Å². The zero-order valence-corrected chi connectivity index (χ0v) is 6.67. The van der Waals surface area contributed by atoms with Crippen LogP contribution in [0.1, 0.15) is 0 Å². The summed E-state index contributed by atoms with van der Waals surface area (Å²) in [6.45, 7) is -0.633. The summed E-state index contributed by atoms with van der Waals surface area (Å²) in [6, 6.07) is -0.971. The molecular weight excluding hydrogens is 164 g/mol. The number of aliphatic hydroxyl groups is 4. The van der Waals surface area contributed by atoms with E-state index in [9.17, 15) is 0 Å². The zero-order valence-electron chi connectivity index (χ0n) is 6.67. The molecule has 0 amide bonds. The van der Waals surface area contributed by atoms with E-state index in [0.29, 0.717) is 0 Å². The molecule has 0 aromatic carbocycles. The van der Waals surface area contributed by atoms with Crippen molar-refractivity contribution in [3.05, 3.63) is 0 Å². The van der Waals surface area contributed by atoms with Crippen LogP contribution in [0.2, 0.25) is 0 Å². The fourth-order valence-corrected chi connectivity index (χ4v) is 0.728. The van der Waals surface area contributed by atoms with Gasteiger partial charge in [0.15, 0.2) is 0 Å². The van der Waals surface area contributed by atoms with Gasteiger partial charge in [-0.3, -0.25) is 0 Å². The van der Waals surface area contributed by atoms with Crippen LogP contribution in [0.5, 0.6) is 0 Å². The Bertz CT molecular complexity index is 110. The summed E-state index contributed by atoms with van der Waals surface area (Å²) in [5, 5.41) is 35.7. The molecule has 74 valence electrons.